The third-order valence-corrected chi connectivity index (χ3v) is 6.77. The summed E-state index contributed by atoms with van der Waals surface area (Å²) in [4.78, 5) is 2.07. The van der Waals surface area contributed by atoms with Gasteiger partial charge in [0.25, 0.3) is 0 Å². The topological polar surface area (TPSA) is 42.2 Å². The van der Waals surface area contributed by atoms with Crippen molar-refractivity contribution in [2.45, 2.75) is 41.5 Å². The lowest BCUT2D eigenvalue weighted by atomic mass is 9.89. The maximum Gasteiger partial charge on any atom is 0.186 e. The third kappa shape index (κ3) is 3.36. The summed E-state index contributed by atoms with van der Waals surface area (Å²) in [5.74, 6) is 0.811. The van der Waals surface area contributed by atoms with Gasteiger partial charge in [-0.3, -0.25) is 0 Å². The highest BCUT2D eigenvalue weighted by molar-refractivity contribution is 9.10. The quantitative estimate of drug-likeness (QED) is 0.494. The van der Waals surface area contributed by atoms with Gasteiger partial charge in [0.2, 0.25) is 0 Å². The van der Waals surface area contributed by atoms with Crippen LogP contribution in [0.2, 0.25) is 19.6 Å². The van der Waals surface area contributed by atoms with E-state index in [0.29, 0.717) is 13.0 Å². The van der Waals surface area contributed by atoms with Crippen LogP contribution in [-0.4, -0.2) is 27.4 Å². The molecule has 0 fully saturated rings. The van der Waals surface area contributed by atoms with E-state index in [1.165, 1.54) is 0 Å². The second kappa shape index (κ2) is 6.77. The van der Waals surface area contributed by atoms with Gasteiger partial charge in [-0.2, -0.15) is 5.26 Å². The Hall–Kier alpha value is -0.133. The fraction of sp³-hybridized carbons (Fsp3) is 0.533. The summed E-state index contributed by atoms with van der Waals surface area (Å²) < 4.78 is 13.3. The molecule has 1 aromatic rings. The molecule has 22 heavy (non-hydrogen) atoms. The number of hydrogen-bond acceptors (Lipinski definition) is 5. The molecule has 1 aliphatic rings. The molecule has 0 spiro atoms. The van der Waals surface area contributed by atoms with Crippen molar-refractivity contribution in [3.8, 4) is 11.8 Å². The number of hydrogen-bond donors (Lipinski definition) is 0. The van der Waals surface area contributed by atoms with Crippen LogP contribution in [0.3, 0.4) is 0 Å². The molecular formula is C15H20BrNO2S2Si. The average molecular weight is 418 g/mol. The summed E-state index contributed by atoms with van der Waals surface area (Å²) in [5, 5.41) is 9.99. The Balaban J connectivity index is 2.76. The molecule has 1 aromatic carbocycles. The Labute approximate surface area is 150 Å². The first-order valence-electron chi connectivity index (χ1n) is 6.97. The van der Waals surface area contributed by atoms with E-state index in [0.717, 1.165) is 25.6 Å². The fourth-order valence-electron chi connectivity index (χ4n) is 2.63. The number of nitrogens with zero attached hydrogens (tertiary/aromatic N) is 1. The number of rotatable bonds is 4. The fourth-order valence-corrected chi connectivity index (χ4v) is 6.29. The molecule has 0 aliphatic carbocycles. The number of benzene rings is 1. The molecule has 120 valence electrons. The van der Waals surface area contributed by atoms with E-state index in [2.05, 4.69) is 47.7 Å². The molecule has 0 bridgehead atoms. The minimum atomic E-state index is -1.90. The van der Waals surface area contributed by atoms with Gasteiger partial charge in [0.05, 0.1) is 17.1 Å². The molecule has 0 radical (unpaired) electrons. The van der Waals surface area contributed by atoms with E-state index in [-0.39, 0.29) is 0 Å². The zero-order chi connectivity index (χ0) is 16.5. The average Bonchev–Trinajstić information content (AvgIpc) is 2.45. The predicted molar refractivity (Wildman–Crippen MR) is 99.5 cm³/mol. The van der Waals surface area contributed by atoms with Crippen LogP contribution in [0.4, 0.5) is 0 Å². The van der Waals surface area contributed by atoms with Gasteiger partial charge in [-0.25, -0.2) is 0 Å². The Morgan fingerprint density at radius 2 is 2.05 bits per heavy atom. The highest BCUT2D eigenvalue weighted by Crippen LogP contribution is 2.51. The summed E-state index contributed by atoms with van der Waals surface area (Å²) >= 11 is 6.89. The summed E-state index contributed by atoms with van der Waals surface area (Å²) in [6, 6.07) is 4.54. The molecule has 3 nitrogen and oxygen atoms in total. The SMILES string of the molecule is CSc1cc(Br)c(SC)c2c1OCCC2(C#N)O[Si](C)(C)C. The Kier molecular flexibility index (Phi) is 5.61. The first-order chi connectivity index (χ1) is 10.3. The molecule has 7 heteroatoms. The molecule has 1 aliphatic heterocycles. The van der Waals surface area contributed by atoms with Gasteiger partial charge in [-0.15, -0.1) is 23.5 Å². The summed E-state index contributed by atoms with van der Waals surface area (Å²) in [5.41, 5.74) is -0.0140. The second-order valence-corrected chi connectivity index (χ2v) is 13.0. The maximum absolute atomic E-state index is 9.99. The van der Waals surface area contributed by atoms with Gasteiger partial charge in [0, 0.05) is 15.8 Å². The van der Waals surface area contributed by atoms with E-state index in [1.54, 1.807) is 23.5 Å². The van der Waals surface area contributed by atoms with E-state index >= 15 is 0 Å². The zero-order valence-corrected chi connectivity index (χ0v) is 17.7. The molecule has 1 unspecified atom stereocenters. The first-order valence-corrected chi connectivity index (χ1v) is 13.6. The first kappa shape index (κ1) is 18.2. The minimum absolute atomic E-state index is 0.508. The van der Waals surface area contributed by atoms with E-state index in [1.807, 2.05) is 12.5 Å². The van der Waals surface area contributed by atoms with Crippen LogP contribution in [0.15, 0.2) is 20.3 Å². The second-order valence-electron chi connectivity index (χ2n) is 6.05. The summed E-state index contributed by atoms with van der Waals surface area (Å²) in [6.45, 7) is 6.86. The van der Waals surface area contributed by atoms with Gasteiger partial charge in [0.15, 0.2) is 13.9 Å². The van der Waals surface area contributed by atoms with Crippen LogP contribution in [0.1, 0.15) is 12.0 Å². The van der Waals surface area contributed by atoms with Crippen molar-refractivity contribution in [3.05, 3.63) is 16.1 Å². The van der Waals surface area contributed by atoms with Gasteiger partial charge < -0.3 is 9.16 Å². The van der Waals surface area contributed by atoms with Crippen molar-refractivity contribution in [2.75, 3.05) is 19.1 Å². The Morgan fingerprint density at radius 1 is 1.36 bits per heavy atom. The van der Waals surface area contributed by atoms with Crippen molar-refractivity contribution < 1.29 is 9.16 Å². The van der Waals surface area contributed by atoms with Crippen molar-refractivity contribution >= 4 is 47.8 Å². The van der Waals surface area contributed by atoms with Crippen molar-refractivity contribution in [3.63, 3.8) is 0 Å². The molecule has 0 aromatic heterocycles. The zero-order valence-electron chi connectivity index (χ0n) is 13.4. The number of fused-ring (bicyclic) bond motifs is 1. The van der Waals surface area contributed by atoms with Gasteiger partial charge in [0.1, 0.15) is 11.8 Å². The van der Waals surface area contributed by atoms with Crippen molar-refractivity contribution in [1.29, 1.82) is 5.26 Å². The lowest BCUT2D eigenvalue weighted by molar-refractivity contribution is 0.0617. The molecular weight excluding hydrogens is 398 g/mol. The van der Waals surface area contributed by atoms with E-state index in [9.17, 15) is 5.26 Å². The van der Waals surface area contributed by atoms with Crippen LogP contribution in [0, 0.1) is 11.3 Å². The highest BCUT2D eigenvalue weighted by Gasteiger charge is 2.45. The van der Waals surface area contributed by atoms with Crippen LogP contribution in [0.5, 0.6) is 5.75 Å². The lowest BCUT2D eigenvalue weighted by Crippen LogP contribution is -2.43. The number of thioether (sulfide) groups is 2. The van der Waals surface area contributed by atoms with Crippen molar-refractivity contribution in [2.24, 2.45) is 0 Å². The predicted octanol–water partition coefficient (Wildman–Crippen LogP) is 5.25. The summed E-state index contributed by atoms with van der Waals surface area (Å²) in [6.07, 6.45) is 4.61. The molecule has 1 atom stereocenters. The lowest BCUT2D eigenvalue weighted by Gasteiger charge is -2.39. The number of nitriles is 1. The Bertz CT molecular complexity index is 627. The van der Waals surface area contributed by atoms with Crippen molar-refractivity contribution in [1.82, 2.24) is 0 Å². The molecule has 1 heterocycles. The van der Waals surface area contributed by atoms with Gasteiger partial charge in [-0.05, 0) is 54.1 Å². The number of halogens is 1. The molecule has 0 N–H and O–H groups in total. The van der Waals surface area contributed by atoms with Crippen LogP contribution >= 0.6 is 39.5 Å². The standard InChI is InChI=1S/C15H20BrNO2S2Si/c1-20-11-8-10(16)14(21-2)12-13(11)18-7-6-15(12,9-17)19-22(3,4)5/h8H,6-7H2,1-5H3. The molecule has 2 rings (SSSR count). The smallest absolute Gasteiger partial charge is 0.186 e. The molecule has 0 amide bonds. The van der Waals surface area contributed by atoms with Gasteiger partial charge >= 0.3 is 0 Å². The molecule has 0 saturated heterocycles. The van der Waals surface area contributed by atoms with E-state index in [4.69, 9.17) is 9.16 Å². The monoisotopic (exact) mass is 417 g/mol. The number of ether oxygens (including phenoxy) is 1. The normalized spacial score (nSPS) is 21.0. The van der Waals surface area contributed by atoms with Gasteiger partial charge in [-0.1, -0.05) is 0 Å². The van der Waals surface area contributed by atoms with Crippen LogP contribution in [0.25, 0.3) is 0 Å². The summed E-state index contributed by atoms with van der Waals surface area (Å²) in [7, 11) is -1.90. The third-order valence-electron chi connectivity index (χ3n) is 3.34. The van der Waals surface area contributed by atoms with Crippen LogP contribution in [-0.2, 0) is 10.0 Å². The van der Waals surface area contributed by atoms with Crippen LogP contribution < -0.4 is 4.74 Å². The highest BCUT2D eigenvalue weighted by atomic mass is 79.9. The molecule has 0 saturated carbocycles. The largest absolute Gasteiger partial charge is 0.492 e. The van der Waals surface area contributed by atoms with E-state index < -0.39 is 13.9 Å². The Morgan fingerprint density at radius 3 is 2.55 bits per heavy atom. The minimum Gasteiger partial charge on any atom is -0.492 e. The maximum atomic E-state index is 9.99.